The Morgan fingerprint density at radius 2 is 1.89 bits per heavy atom. The molecule has 0 aliphatic rings. The molecule has 0 N–H and O–H groups in total. The zero-order valence-corrected chi connectivity index (χ0v) is 12.6. The molecule has 3 heterocycles. The smallest absolute Gasteiger partial charge is 0.192 e. The third-order valence-electron chi connectivity index (χ3n) is 2.69. The van der Waals surface area contributed by atoms with Crippen molar-refractivity contribution in [2.45, 2.75) is 27.2 Å². The standard InChI is InChI=1S/C13H13N3OS2/c1-7-13(17-8(2)14-7)11-6-19-12(16-11)4-10-5-18-9(3)15-10/h5-6H,4H2,1-3H3. The normalized spacial score (nSPS) is 11.1. The SMILES string of the molecule is Cc1nc(C)c(-c2csc(Cc3csc(C)n3)n2)o1. The molecule has 0 saturated carbocycles. The van der Waals surface area contributed by atoms with E-state index in [1.165, 1.54) is 0 Å². The summed E-state index contributed by atoms with van der Waals surface area (Å²) in [6.45, 7) is 5.80. The fourth-order valence-corrected chi connectivity index (χ4v) is 3.31. The van der Waals surface area contributed by atoms with Crippen LogP contribution in [0.5, 0.6) is 0 Å². The van der Waals surface area contributed by atoms with E-state index in [2.05, 4.69) is 20.3 Å². The molecular formula is C13H13N3OS2. The molecule has 0 aliphatic heterocycles. The van der Waals surface area contributed by atoms with Crippen LogP contribution in [-0.2, 0) is 6.42 Å². The van der Waals surface area contributed by atoms with Crippen LogP contribution in [0.15, 0.2) is 15.2 Å². The van der Waals surface area contributed by atoms with Crippen LogP contribution in [0, 0.1) is 20.8 Å². The molecule has 0 spiro atoms. The van der Waals surface area contributed by atoms with E-state index in [1.54, 1.807) is 22.7 Å². The van der Waals surface area contributed by atoms with Gasteiger partial charge in [-0.25, -0.2) is 15.0 Å². The number of hydrogen-bond acceptors (Lipinski definition) is 6. The maximum Gasteiger partial charge on any atom is 0.192 e. The Balaban J connectivity index is 1.85. The Morgan fingerprint density at radius 1 is 1.05 bits per heavy atom. The fourth-order valence-electron chi connectivity index (χ4n) is 1.91. The molecule has 0 saturated heterocycles. The molecule has 4 nitrogen and oxygen atoms in total. The second kappa shape index (κ2) is 4.86. The van der Waals surface area contributed by atoms with Crippen molar-refractivity contribution in [3.05, 3.63) is 38.1 Å². The zero-order valence-electron chi connectivity index (χ0n) is 10.9. The zero-order chi connectivity index (χ0) is 13.4. The molecule has 98 valence electrons. The summed E-state index contributed by atoms with van der Waals surface area (Å²) in [4.78, 5) is 13.3. The molecule has 0 unspecified atom stereocenters. The van der Waals surface area contributed by atoms with Gasteiger partial charge in [-0.15, -0.1) is 22.7 Å². The van der Waals surface area contributed by atoms with Crippen LogP contribution in [0.1, 0.15) is 27.3 Å². The minimum absolute atomic E-state index is 0.678. The van der Waals surface area contributed by atoms with Gasteiger partial charge in [0.1, 0.15) is 5.69 Å². The number of oxazole rings is 1. The lowest BCUT2D eigenvalue weighted by molar-refractivity contribution is 0.532. The van der Waals surface area contributed by atoms with Crippen molar-refractivity contribution >= 4 is 22.7 Å². The van der Waals surface area contributed by atoms with Crippen molar-refractivity contribution in [2.75, 3.05) is 0 Å². The Labute approximate surface area is 119 Å². The molecule has 3 aromatic rings. The highest BCUT2D eigenvalue weighted by atomic mass is 32.1. The third-order valence-corrected chi connectivity index (χ3v) is 4.36. The van der Waals surface area contributed by atoms with Crippen molar-refractivity contribution in [3.63, 3.8) is 0 Å². The van der Waals surface area contributed by atoms with E-state index in [4.69, 9.17) is 4.42 Å². The van der Waals surface area contributed by atoms with Gasteiger partial charge in [0, 0.05) is 24.1 Å². The summed E-state index contributed by atoms with van der Waals surface area (Å²) in [6, 6.07) is 0. The van der Waals surface area contributed by atoms with E-state index in [-0.39, 0.29) is 0 Å². The van der Waals surface area contributed by atoms with Crippen LogP contribution in [0.3, 0.4) is 0 Å². The molecule has 0 atom stereocenters. The highest BCUT2D eigenvalue weighted by Gasteiger charge is 2.13. The summed E-state index contributed by atoms with van der Waals surface area (Å²) < 4.78 is 5.59. The van der Waals surface area contributed by atoms with Crippen LogP contribution in [-0.4, -0.2) is 15.0 Å². The lowest BCUT2D eigenvalue weighted by Gasteiger charge is -1.92. The summed E-state index contributed by atoms with van der Waals surface area (Å²) in [5.74, 6) is 1.45. The number of aromatic nitrogens is 3. The second-order valence-electron chi connectivity index (χ2n) is 4.31. The van der Waals surface area contributed by atoms with Crippen LogP contribution in [0.25, 0.3) is 11.5 Å². The van der Waals surface area contributed by atoms with Crippen molar-refractivity contribution in [3.8, 4) is 11.5 Å². The number of hydrogen-bond donors (Lipinski definition) is 0. The topological polar surface area (TPSA) is 51.8 Å². The van der Waals surface area contributed by atoms with E-state index in [0.717, 1.165) is 39.3 Å². The van der Waals surface area contributed by atoms with Crippen LogP contribution >= 0.6 is 22.7 Å². The highest BCUT2D eigenvalue weighted by molar-refractivity contribution is 7.10. The third kappa shape index (κ3) is 2.59. The van der Waals surface area contributed by atoms with Gasteiger partial charge in [0.2, 0.25) is 0 Å². The summed E-state index contributed by atoms with van der Waals surface area (Å²) in [6.07, 6.45) is 0.779. The van der Waals surface area contributed by atoms with Gasteiger partial charge in [-0.1, -0.05) is 0 Å². The lowest BCUT2D eigenvalue weighted by atomic mass is 10.3. The summed E-state index contributed by atoms with van der Waals surface area (Å²) in [5, 5.41) is 6.24. The minimum Gasteiger partial charge on any atom is -0.439 e. The van der Waals surface area contributed by atoms with E-state index in [0.29, 0.717) is 5.89 Å². The average molecular weight is 291 g/mol. The maximum atomic E-state index is 5.59. The summed E-state index contributed by atoms with van der Waals surface area (Å²) in [5.41, 5.74) is 2.83. The number of nitrogens with zero attached hydrogens (tertiary/aromatic N) is 3. The largest absolute Gasteiger partial charge is 0.439 e. The van der Waals surface area contributed by atoms with E-state index in [1.807, 2.05) is 26.2 Å². The Kier molecular flexibility index (Phi) is 3.20. The van der Waals surface area contributed by atoms with Gasteiger partial charge in [-0.05, 0) is 13.8 Å². The number of thiazole rings is 2. The molecule has 0 bridgehead atoms. The summed E-state index contributed by atoms with van der Waals surface area (Å²) >= 11 is 3.30. The van der Waals surface area contributed by atoms with Crippen molar-refractivity contribution in [1.29, 1.82) is 0 Å². The van der Waals surface area contributed by atoms with Gasteiger partial charge in [0.15, 0.2) is 11.7 Å². The molecule has 3 rings (SSSR count). The molecule has 6 heteroatoms. The quantitative estimate of drug-likeness (QED) is 0.737. The predicted octanol–water partition coefficient (Wildman–Crippen LogP) is 3.77. The highest BCUT2D eigenvalue weighted by Crippen LogP contribution is 2.27. The van der Waals surface area contributed by atoms with Crippen molar-refractivity contribution in [2.24, 2.45) is 0 Å². The molecule has 0 aromatic carbocycles. The van der Waals surface area contributed by atoms with Crippen LogP contribution in [0.2, 0.25) is 0 Å². The van der Waals surface area contributed by atoms with Gasteiger partial charge in [-0.2, -0.15) is 0 Å². The average Bonchev–Trinajstić information content (AvgIpc) is 3.02. The number of aryl methyl sites for hydroxylation is 3. The molecule has 19 heavy (non-hydrogen) atoms. The van der Waals surface area contributed by atoms with E-state index in [9.17, 15) is 0 Å². The van der Waals surface area contributed by atoms with Crippen LogP contribution < -0.4 is 0 Å². The Hall–Kier alpha value is -1.53. The first kappa shape index (κ1) is 12.5. The van der Waals surface area contributed by atoms with Gasteiger partial charge >= 0.3 is 0 Å². The predicted molar refractivity (Wildman–Crippen MR) is 76.7 cm³/mol. The fraction of sp³-hybridized carbons (Fsp3) is 0.308. The molecule has 3 aromatic heterocycles. The Morgan fingerprint density at radius 3 is 2.53 bits per heavy atom. The minimum atomic E-state index is 0.678. The molecule has 0 radical (unpaired) electrons. The first-order valence-corrected chi connectivity index (χ1v) is 7.67. The van der Waals surface area contributed by atoms with Crippen molar-refractivity contribution < 1.29 is 4.42 Å². The van der Waals surface area contributed by atoms with Gasteiger partial charge in [-0.3, -0.25) is 0 Å². The second-order valence-corrected chi connectivity index (χ2v) is 6.31. The maximum absolute atomic E-state index is 5.59. The first-order valence-electron chi connectivity index (χ1n) is 5.91. The molecular weight excluding hydrogens is 278 g/mol. The lowest BCUT2D eigenvalue weighted by Crippen LogP contribution is -1.88. The molecule has 0 fully saturated rings. The van der Waals surface area contributed by atoms with Gasteiger partial charge < -0.3 is 4.42 Å². The molecule has 0 amide bonds. The monoisotopic (exact) mass is 291 g/mol. The van der Waals surface area contributed by atoms with Gasteiger partial charge in [0.25, 0.3) is 0 Å². The Bertz CT molecular complexity index is 711. The van der Waals surface area contributed by atoms with Gasteiger partial charge in [0.05, 0.1) is 21.4 Å². The van der Waals surface area contributed by atoms with Crippen molar-refractivity contribution in [1.82, 2.24) is 15.0 Å². The first-order chi connectivity index (χ1) is 9.11. The summed E-state index contributed by atoms with van der Waals surface area (Å²) in [7, 11) is 0. The number of rotatable bonds is 3. The van der Waals surface area contributed by atoms with Crippen LogP contribution in [0.4, 0.5) is 0 Å². The van der Waals surface area contributed by atoms with E-state index < -0.39 is 0 Å². The molecule has 0 aliphatic carbocycles. The van der Waals surface area contributed by atoms with E-state index >= 15 is 0 Å².